The molecule has 0 spiro atoms. The largest absolute Gasteiger partial charge is 0.469 e. The molecule has 28 heavy (non-hydrogen) atoms. The van der Waals surface area contributed by atoms with Crippen molar-refractivity contribution in [3.63, 3.8) is 0 Å². The van der Waals surface area contributed by atoms with Gasteiger partial charge in [-0.1, -0.05) is 60.7 Å². The molecule has 0 saturated heterocycles. The number of ether oxygens (including phenoxy) is 1. The van der Waals surface area contributed by atoms with Gasteiger partial charge in [0.15, 0.2) is 0 Å². The van der Waals surface area contributed by atoms with Crippen molar-refractivity contribution in [3.05, 3.63) is 87.4 Å². The third kappa shape index (κ3) is 5.04. The molecule has 1 unspecified atom stereocenters. The number of carbonyl (C=O) groups excluding carboxylic acids is 2. The first-order valence-electron chi connectivity index (χ1n) is 8.99. The molecule has 0 saturated carbocycles. The lowest BCUT2D eigenvalue weighted by atomic mass is 10.0. The van der Waals surface area contributed by atoms with E-state index in [1.54, 1.807) is 0 Å². The van der Waals surface area contributed by atoms with Gasteiger partial charge in [-0.25, -0.2) is 4.98 Å². The predicted octanol–water partition coefficient (Wildman–Crippen LogP) is 4.08. The van der Waals surface area contributed by atoms with Gasteiger partial charge in [-0.05, 0) is 18.1 Å². The van der Waals surface area contributed by atoms with Gasteiger partial charge in [0, 0.05) is 6.42 Å². The Balaban J connectivity index is 1.77. The van der Waals surface area contributed by atoms with Crippen molar-refractivity contribution in [3.8, 4) is 0 Å². The van der Waals surface area contributed by atoms with Crippen LogP contribution in [0.15, 0.2) is 60.7 Å². The number of nitrogens with one attached hydrogen (secondary N) is 1. The molecule has 3 rings (SSSR count). The van der Waals surface area contributed by atoms with E-state index in [9.17, 15) is 9.59 Å². The van der Waals surface area contributed by atoms with Crippen molar-refractivity contribution < 1.29 is 14.3 Å². The number of hydrogen-bond acceptors (Lipinski definition) is 5. The molecular weight excluding hydrogens is 372 g/mol. The molecule has 0 fully saturated rings. The summed E-state index contributed by atoms with van der Waals surface area (Å²) < 4.78 is 4.78. The molecule has 1 aromatic heterocycles. The number of aromatic nitrogens is 1. The number of thiazole rings is 1. The van der Waals surface area contributed by atoms with Crippen molar-refractivity contribution in [1.82, 2.24) is 10.3 Å². The lowest BCUT2D eigenvalue weighted by Crippen LogP contribution is -2.30. The van der Waals surface area contributed by atoms with Gasteiger partial charge in [0.05, 0.1) is 30.3 Å². The molecule has 1 atom stereocenters. The van der Waals surface area contributed by atoms with Crippen LogP contribution < -0.4 is 5.32 Å². The summed E-state index contributed by atoms with van der Waals surface area (Å²) >= 11 is 1.38. The van der Waals surface area contributed by atoms with Crippen LogP contribution in [0.4, 0.5) is 0 Å². The summed E-state index contributed by atoms with van der Waals surface area (Å²) in [4.78, 5) is 29.8. The Kier molecular flexibility index (Phi) is 6.55. The molecule has 0 radical (unpaired) electrons. The third-order valence-corrected chi connectivity index (χ3v) is 5.51. The van der Waals surface area contributed by atoms with E-state index < -0.39 is 6.04 Å². The van der Waals surface area contributed by atoms with Gasteiger partial charge < -0.3 is 10.1 Å². The second-order valence-corrected chi connectivity index (χ2v) is 7.49. The maximum atomic E-state index is 12.9. The molecule has 6 heteroatoms. The van der Waals surface area contributed by atoms with Gasteiger partial charge in [-0.15, -0.1) is 11.3 Å². The molecule has 1 heterocycles. The van der Waals surface area contributed by atoms with E-state index >= 15 is 0 Å². The van der Waals surface area contributed by atoms with E-state index in [1.165, 1.54) is 18.4 Å². The lowest BCUT2D eigenvalue weighted by Gasteiger charge is -2.18. The zero-order valence-electron chi connectivity index (χ0n) is 15.8. The average Bonchev–Trinajstić information content (AvgIpc) is 3.08. The van der Waals surface area contributed by atoms with Crippen LogP contribution >= 0.6 is 11.3 Å². The fourth-order valence-electron chi connectivity index (χ4n) is 2.92. The molecule has 2 aromatic carbocycles. The van der Waals surface area contributed by atoms with Crippen LogP contribution in [-0.4, -0.2) is 24.0 Å². The van der Waals surface area contributed by atoms with Crippen LogP contribution in [0, 0.1) is 6.92 Å². The number of nitrogens with zero attached hydrogens (tertiary/aromatic N) is 1. The van der Waals surface area contributed by atoms with Gasteiger partial charge in [-0.3, -0.25) is 9.59 Å². The smallest absolute Gasteiger partial charge is 0.307 e. The van der Waals surface area contributed by atoms with Gasteiger partial charge in [-0.2, -0.15) is 0 Å². The summed E-state index contributed by atoms with van der Waals surface area (Å²) in [7, 11) is 1.34. The number of hydrogen-bond donors (Lipinski definition) is 1. The Morgan fingerprint density at radius 1 is 1.07 bits per heavy atom. The molecule has 5 nitrogen and oxygen atoms in total. The maximum absolute atomic E-state index is 12.9. The molecule has 0 bridgehead atoms. The number of esters is 1. The van der Waals surface area contributed by atoms with E-state index in [0.29, 0.717) is 17.0 Å². The van der Waals surface area contributed by atoms with Crippen molar-refractivity contribution in [2.24, 2.45) is 0 Å². The quantitative estimate of drug-likeness (QED) is 0.613. The van der Waals surface area contributed by atoms with Crippen molar-refractivity contribution in [1.29, 1.82) is 0 Å². The van der Waals surface area contributed by atoms with Crippen molar-refractivity contribution >= 4 is 23.2 Å². The summed E-state index contributed by atoms with van der Waals surface area (Å²) in [5.74, 6) is -0.605. The number of carbonyl (C=O) groups is 2. The molecule has 1 N–H and O–H groups in total. The molecule has 0 aliphatic heterocycles. The summed E-state index contributed by atoms with van der Waals surface area (Å²) in [5, 5.41) is 3.85. The predicted molar refractivity (Wildman–Crippen MR) is 109 cm³/mol. The number of aryl methyl sites for hydroxylation is 1. The normalized spacial score (nSPS) is 11.6. The third-order valence-electron chi connectivity index (χ3n) is 4.35. The number of rotatable bonds is 7. The first-order chi connectivity index (χ1) is 13.6. The number of methoxy groups -OCH3 is 1. The minimum atomic E-state index is -0.458. The van der Waals surface area contributed by atoms with Gasteiger partial charge >= 0.3 is 5.97 Å². The Bertz CT molecular complexity index is 939. The number of amides is 1. The van der Waals surface area contributed by atoms with E-state index in [-0.39, 0.29) is 18.3 Å². The molecule has 0 aliphatic rings. The standard InChI is InChI=1S/C22H22N2O3S/c1-15-21(28-19(23-15)13-16-9-5-3-6-10-16)22(26)24-18(14-20(25)27-2)17-11-7-4-8-12-17/h3-12,18H,13-14H2,1-2H3,(H,24,26). The van der Waals surface area contributed by atoms with Crippen LogP contribution in [0.3, 0.4) is 0 Å². The topological polar surface area (TPSA) is 68.3 Å². The molecule has 1 amide bonds. The van der Waals surface area contributed by atoms with Crippen molar-refractivity contribution in [2.75, 3.05) is 7.11 Å². The second-order valence-electron chi connectivity index (χ2n) is 6.40. The minimum Gasteiger partial charge on any atom is -0.469 e. The number of benzene rings is 2. The van der Waals surface area contributed by atoms with E-state index in [2.05, 4.69) is 10.3 Å². The zero-order chi connectivity index (χ0) is 19.9. The van der Waals surface area contributed by atoms with Gasteiger partial charge in [0.2, 0.25) is 0 Å². The Morgan fingerprint density at radius 3 is 2.36 bits per heavy atom. The molecule has 144 valence electrons. The molecule has 3 aromatic rings. The van der Waals surface area contributed by atoms with Gasteiger partial charge in [0.1, 0.15) is 4.88 Å². The minimum absolute atomic E-state index is 0.0704. The van der Waals surface area contributed by atoms with Crippen LogP contribution in [0.25, 0.3) is 0 Å². The summed E-state index contributed by atoms with van der Waals surface area (Å²) in [5.41, 5.74) is 2.70. The van der Waals surface area contributed by atoms with E-state index in [0.717, 1.165) is 16.1 Å². The molecular formula is C22H22N2O3S. The summed E-state index contributed by atoms with van der Waals surface area (Å²) in [6, 6.07) is 19.0. The molecule has 0 aliphatic carbocycles. The lowest BCUT2D eigenvalue weighted by molar-refractivity contribution is -0.141. The Hall–Kier alpha value is -2.99. The van der Waals surface area contributed by atoms with Crippen molar-refractivity contribution in [2.45, 2.75) is 25.8 Å². The maximum Gasteiger partial charge on any atom is 0.307 e. The van der Waals surface area contributed by atoms with Crippen LogP contribution in [-0.2, 0) is 16.0 Å². The van der Waals surface area contributed by atoms with Crippen LogP contribution in [0.2, 0.25) is 0 Å². The first-order valence-corrected chi connectivity index (χ1v) is 9.81. The van der Waals surface area contributed by atoms with E-state index in [1.807, 2.05) is 67.6 Å². The van der Waals surface area contributed by atoms with Gasteiger partial charge in [0.25, 0.3) is 5.91 Å². The monoisotopic (exact) mass is 394 g/mol. The highest BCUT2D eigenvalue weighted by atomic mass is 32.1. The fraction of sp³-hybridized carbons (Fsp3) is 0.227. The highest BCUT2D eigenvalue weighted by Gasteiger charge is 2.22. The van der Waals surface area contributed by atoms with Crippen LogP contribution in [0.5, 0.6) is 0 Å². The fourth-order valence-corrected chi connectivity index (χ4v) is 3.92. The highest BCUT2D eigenvalue weighted by Crippen LogP contribution is 2.23. The van der Waals surface area contributed by atoms with E-state index in [4.69, 9.17) is 4.74 Å². The zero-order valence-corrected chi connectivity index (χ0v) is 16.7. The Morgan fingerprint density at radius 2 is 1.71 bits per heavy atom. The summed E-state index contributed by atoms with van der Waals surface area (Å²) in [6.07, 6.45) is 0.755. The second kappa shape index (κ2) is 9.28. The SMILES string of the molecule is COC(=O)CC(NC(=O)c1sc(Cc2ccccc2)nc1C)c1ccccc1. The first kappa shape index (κ1) is 19.8. The Labute approximate surface area is 168 Å². The van der Waals surface area contributed by atoms with Crippen LogP contribution in [0.1, 0.15) is 44.0 Å². The average molecular weight is 394 g/mol. The highest BCUT2D eigenvalue weighted by molar-refractivity contribution is 7.13. The summed E-state index contributed by atoms with van der Waals surface area (Å²) in [6.45, 7) is 1.83.